The summed E-state index contributed by atoms with van der Waals surface area (Å²) in [7, 11) is 1.61. The molecule has 0 aliphatic rings. The number of amides is 1. The number of carbonyl (C=O) groups is 1. The van der Waals surface area contributed by atoms with Crippen LogP contribution >= 0.6 is 11.6 Å². The third kappa shape index (κ3) is 5.36. The Hall–Kier alpha value is -3.25. The summed E-state index contributed by atoms with van der Waals surface area (Å²) in [5.41, 5.74) is 2.89. The van der Waals surface area contributed by atoms with Crippen LogP contribution in [0.15, 0.2) is 70.2 Å². The molecule has 0 saturated heterocycles. The molecule has 1 N–H and O–H groups in total. The third-order valence-corrected chi connectivity index (χ3v) is 3.84. The van der Waals surface area contributed by atoms with Gasteiger partial charge in [0.2, 0.25) is 0 Å². The summed E-state index contributed by atoms with van der Waals surface area (Å²) >= 11 is 5.79. The fourth-order valence-corrected chi connectivity index (χ4v) is 2.31. The van der Waals surface area contributed by atoms with E-state index in [-0.39, 0.29) is 12.5 Å². The minimum atomic E-state index is -0.336. The van der Waals surface area contributed by atoms with Gasteiger partial charge < -0.3 is 13.9 Å². The molecule has 0 atom stereocenters. The van der Waals surface area contributed by atoms with Crippen molar-refractivity contribution < 1.29 is 18.7 Å². The van der Waals surface area contributed by atoms with Crippen molar-refractivity contribution in [1.29, 1.82) is 0 Å². The van der Waals surface area contributed by atoms with Gasteiger partial charge in [0.1, 0.15) is 29.6 Å². The second kappa shape index (κ2) is 8.91. The fourth-order valence-electron chi connectivity index (χ4n) is 2.19. The van der Waals surface area contributed by atoms with E-state index in [1.807, 2.05) is 24.3 Å². The number of benzene rings is 2. The molecular weight excluding hydrogens is 368 g/mol. The fraction of sp³-hybridized carbons (Fsp3) is 0.100. The lowest BCUT2D eigenvalue weighted by Crippen LogP contribution is -2.17. The van der Waals surface area contributed by atoms with Crippen molar-refractivity contribution in [2.75, 3.05) is 7.11 Å². The van der Waals surface area contributed by atoms with Crippen LogP contribution in [0.3, 0.4) is 0 Å². The second-order valence-electron chi connectivity index (χ2n) is 5.47. The van der Waals surface area contributed by atoms with Gasteiger partial charge in [-0.2, -0.15) is 5.10 Å². The van der Waals surface area contributed by atoms with Crippen LogP contribution in [-0.2, 0) is 6.61 Å². The van der Waals surface area contributed by atoms with Crippen molar-refractivity contribution in [2.45, 2.75) is 6.61 Å². The Morgan fingerprint density at radius 2 is 1.78 bits per heavy atom. The molecule has 3 rings (SSSR count). The quantitative estimate of drug-likeness (QED) is 0.487. The van der Waals surface area contributed by atoms with Gasteiger partial charge in [-0.25, -0.2) is 5.43 Å². The number of hydrogen-bond acceptors (Lipinski definition) is 5. The highest BCUT2D eigenvalue weighted by Gasteiger charge is 2.05. The Bertz CT molecular complexity index is 918. The van der Waals surface area contributed by atoms with Gasteiger partial charge in [0.25, 0.3) is 5.91 Å². The molecule has 138 valence electrons. The summed E-state index contributed by atoms with van der Waals surface area (Å²) in [6.07, 6.45) is 1.42. The van der Waals surface area contributed by atoms with Crippen molar-refractivity contribution in [1.82, 2.24) is 5.43 Å². The van der Waals surface area contributed by atoms with E-state index in [1.165, 1.54) is 6.21 Å². The number of carbonyl (C=O) groups excluding carboxylic acids is 1. The maximum Gasteiger partial charge on any atom is 0.271 e. The molecule has 0 radical (unpaired) electrons. The standard InChI is InChI=1S/C20H17ClN2O4/c1-25-16-6-8-17(9-7-16)26-13-19-11-10-18(27-19)12-22-23-20(24)14-2-4-15(21)5-3-14/h2-12H,13H2,1H3,(H,23,24)/b22-12-. The van der Waals surface area contributed by atoms with Crippen molar-refractivity contribution in [3.8, 4) is 11.5 Å². The maximum atomic E-state index is 11.9. The predicted octanol–water partition coefficient (Wildman–Crippen LogP) is 4.28. The Morgan fingerprint density at radius 1 is 1.07 bits per heavy atom. The minimum absolute atomic E-state index is 0.275. The third-order valence-electron chi connectivity index (χ3n) is 3.59. The van der Waals surface area contributed by atoms with Gasteiger partial charge >= 0.3 is 0 Å². The Morgan fingerprint density at radius 3 is 2.48 bits per heavy atom. The number of furan rings is 1. The molecule has 0 aliphatic heterocycles. The summed E-state index contributed by atoms with van der Waals surface area (Å²) in [6, 6.07) is 17.3. The van der Waals surface area contributed by atoms with Crippen molar-refractivity contribution in [3.63, 3.8) is 0 Å². The van der Waals surface area contributed by atoms with Crippen LogP contribution in [0.25, 0.3) is 0 Å². The Kier molecular flexibility index (Phi) is 6.12. The SMILES string of the molecule is COc1ccc(OCc2ccc(/C=N\NC(=O)c3ccc(Cl)cc3)o2)cc1. The van der Waals surface area contributed by atoms with Crippen LogP contribution in [0.4, 0.5) is 0 Å². The molecule has 0 aliphatic carbocycles. The largest absolute Gasteiger partial charge is 0.497 e. The van der Waals surface area contributed by atoms with E-state index < -0.39 is 0 Å². The molecule has 1 heterocycles. The van der Waals surface area contributed by atoms with Gasteiger partial charge in [-0.1, -0.05) is 11.6 Å². The zero-order chi connectivity index (χ0) is 19.1. The van der Waals surface area contributed by atoms with Crippen molar-refractivity contribution in [3.05, 3.63) is 82.8 Å². The van der Waals surface area contributed by atoms with Gasteiger partial charge in [-0.05, 0) is 60.7 Å². The van der Waals surface area contributed by atoms with Crippen molar-refractivity contribution in [2.24, 2.45) is 5.10 Å². The van der Waals surface area contributed by atoms with Crippen LogP contribution < -0.4 is 14.9 Å². The molecule has 0 saturated carbocycles. The van der Waals surface area contributed by atoms with Gasteiger partial charge in [0, 0.05) is 10.6 Å². The molecule has 0 spiro atoms. The van der Waals surface area contributed by atoms with E-state index >= 15 is 0 Å². The minimum Gasteiger partial charge on any atom is -0.497 e. The molecule has 6 nitrogen and oxygen atoms in total. The summed E-state index contributed by atoms with van der Waals surface area (Å²) in [6.45, 7) is 0.275. The van der Waals surface area contributed by atoms with Crippen molar-refractivity contribution >= 4 is 23.7 Å². The lowest BCUT2D eigenvalue weighted by Gasteiger charge is -2.05. The highest BCUT2D eigenvalue weighted by Crippen LogP contribution is 2.18. The second-order valence-corrected chi connectivity index (χ2v) is 5.91. The Labute approximate surface area is 161 Å². The first kappa shape index (κ1) is 18.5. The van der Waals surface area contributed by atoms with E-state index in [0.717, 1.165) is 5.75 Å². The normalized spacial score (nSPS) is 10.7. The number of nitrogens with one attached hydrogen (secondary N) is 1. The molecule has 0 bridgehead atoms. The van der Waals surface area contributed by atoms with E-state index in [0.29, 0.717) is 27.9 Å². The van der Waals surface area contributed by atoms with Gasteiger partial charge in [0.15, 0.2) is 0 Å². The van der Waals surface area contributed by atoms with Crippen LogP contribution in [0.1, 0.15) is 21.9 Å². The van der Waals surface area contributed by atoms with E-state index in [4.69, 9.17) is 25.5 Å². The van der Waals surface area contributed by atoms with Gasteiger partial charge in [-0.3, -0.25) is 4.79 Å². The average molecular weight is 385 g/mol. The van der Waals surface area contributed by atoms with E-state index in [2.05, 4.69) is 10.5 Å². The lowest BCUT2D eigenvalue weighted by molar-refractivity contribution is 0.0955. The van der Waals surface area contributed by atoms with E-state index in [1.54, 1.807) is 43.5 Å². The first-order valence-electron chi connectivity index (χ1n) is 8.08. The molecule has 2 aromatic carbocycles. The Balaban J connectivity index is 1.50. The van der Waals surface area contributed by atoms with Crippen LogP contribution in [-0.4, -0.2) is 19.2 Å². The summed E-state index contributed by atoms with van der Waals surface area (Å²) in [4.78, 5) is 11.9. The number of hydrazone groups is 1. The number of methoxy groups -OCH3 is 1. The zero-order valence-electron chi connectivity index (χ0n) is 14.5. The zero-order valence-corrected chi connectivity index (χ0v) is 15.3. The van der Waals surface area contributed by atoms with Crippen LogP contribution in [0.2, 0.25) is 5.02 Å². The molecule has 7 heteroatoms. The van der Waals surface area contributed by atoms with Crippen LogP contribution in [0.5, 0.6) is 11.5 Å². The average Bonchev–Trinajstić information content (AvgIpc) is 3.15. The number of halogens is 1. The maximum absolute atomic E-state index is 11.9. The number of ether oxygens (including phenoxy) is 2. The monoisotopic (exact) mass is 384 g/mol. The van der Waals surface area contributed by atoms with Crippen LogP contribution in [0, 0.1) is 0 Å². The molecule has 0 unspecified atom stereocenters. The first-order chi connectivity index (χ1) is 13.1. The molecule has 1 amide bonds. The molecule has 3 aromatic rings. The van der Waals surface area contributed by atoms with Gasteiger partial charge in [-0.15, -0.1) is 0 Å². The summed E-state index contributed by atoms with van der Waals surface area (Å²) < 4.78 is 16.3. The number of rotatable bonds is 7. The lowest BCUT2D eigenvalue weighted by atomic mass is 10.2. The number of hydrogen-bond donors (Lipinski definition) is 1. The highest BCUT2D eigenvalue weighted by molar-refractivity contribution is 6.30. The van der Waals surface area contributed by atoms with Gasteiger partial charge in [0.05, 0.1) is 13.3 Å². The molecule has 0 fully saturated rings. The predicted molar refractivity (Wildman–Crippen MR) is 103 cm³/mol. The topological polar surface area (TPSA) is 73.1 Å². The molecule has 27 heavy (non-hydrogen) atoms. The smallest absolute Gasteiger partial charge is 0.271 e. The summed E-state index contributed by atoms with van der Waals surface area (Å²) in [5, 5.41) is 4.45. The molecular formula is C20H17ClN2O4. The van der Waals surface area contributed by atoms with E-state index in [9.17, 15) is 4.79 Å². The summed E-state index contributed by atoms with van der Waals surface area (Å²) in [5.74, 6) is 2.27. The first-order valence-corrected chi connectivity index (χ1v) is 8.46. The highest BCUT2D eigenvalue weighted by atomic mass is 35.5. The number of nitrogens with zero attached hydrogens (tertiary/aromatic N) is 1. The molecule has 1 aromatic heterocycles.